The van der Waals surface area contributed by atoms with Gasteiger partial charge in [0, 0.05) is 17.7 Å². The topological polar surface area (TPSA) is 17.1 Å². The van der Waals surface area contributed by atoms with Crippen LogP contribution >= 0.6 is 11.8 Å². The third-order valence-corrected chi connectivity index (χ3v) is 3.42. The first-order valence-corrected chi connectivity index (χ1v) is 6.51. The zero-order valence-electron chi connectivity index (χ0n) is 9.40. The fourth-order valence-corrected chi connectivity index (χ4v) is 2.22. The molecule has 0 bridgehead atoms. The normalized spacial score (nSPS) is 10.6. The van der Waals surface area contributed by atoms with Gasteiger partial charge in [0.2, 0.25) is 0 Å². The quantitative estimate of drug-likeness (QED) is 0.540. The maximum Gasteiger partial charge on any atom is 0.163 e. The lowest BCUT2D eigenvalue weighted by Gasteiger charge is -2.03. The van der Waals surface area contributed by atoms with Crippen LogP contribution in [0.3, 0.4) is 0 Å². The van der Waals surface area contributed by atoms with E-state index in [2.05, 4.69) is 13.8 Å². The number of carbonyl (C=O) groups is 1. The number of thioether (sulfide) groups is 1. The summed E-state index contributed by atoms with van der Waals surface area (Å²) in [4.78, 5) is 11.7. The third kappa shape index (κ3) is 5.03. The minimum Gasteiger partial charge on any atom is -0.294 e. The van der Waals surface area contributed by atoms with Gasteiger partial charge in [0.15, 0.2) is 5.78 Å². The van der Waals surface area contributed by atoms with E-state index in [-0.39, 0.29) is 5.78 Å². The highest BCUT2D eigenvalue weighted by atomic mass is 32.2. The van der Waals surface area contributed by atoms with Gasteiger partial charge >= 0.3 is 0 Å². The summed E-state index contributed by atoms with van der Waals surface area (Å²) in [5.74, 6) is 3.04. The molecule has 0 aromatic heterocycles. The second kappa shape index (κ2) is 6.67. The number of hydrogen-bond donors (Lipinski definition) is 0. The van der Waals surface area contributed by atoms with E-state index in [1.165, 1.54) is 0 Å². The molecule has 0 aliphatic heterocycles. The van der Waals surface area contributed by atoms with Gasteiger partial charge < -0.3 is 0 Å². The molecule has 0 radical (unpaired) electrons. The standard InChI is InChI=1S/C13H18OS/c1-11(2)10-15-9-8-13(14)12-6-4-3-5-7-12/h3-7,11H,8-10H2,1-2H3. The first-order chi connectivity index (χ1) is 7.20. The van der Waals surface area contributed by atoms with E-state index in [1.54, 1.807) is 0 Å². The average molecular weight is 222 g/mol. The second-order valence-corrected chi connectivity index (χ2v) is 5.16. The van der Waals surface area contributed by atoms with Gasteiger partial charge in [-0.3, -0.25) is 4.79 Å². The van der Waals surface area contributed by atoms with Gasteiger partial charge in [0.25, 0.3) is 0 Å². The van der Waals surface area contributed by atoms with Gasteiger partial charge in [-0.1, -0.05) is 44.2 Å². The molecular weight excluding hydrogens is 204 g/mol. The Kier molecular flexibility index (Phi) is 5.48. The molecule has 2 heteroatoms. The fraction of sp³-hybridized carbons (Fsp3) is 0.462. The molecule has 0 aliphatic carbocycles. The SMILES string of the molecule is CC(C)CSCCC(=O)c1ccccc1. The molecular formula is C13H18OS. The van der Waals surface area contributed by atoms with Crippen LogP contribution in [0.15, 0.2) is 30.3 Å². The lowest BCUT2D eigenvalue weighted by Crippen LogP contribution is -2.01. The molecule has 0 saturated heterocycles. The largest absolute Gasteiger partial charge is 0.294 e. The van der Waals surface area contributed by atoms with Crippen LogP contribution in [0.5, 0.6) is 0 Å². The summed E-state index contributed by atoms with van der Waals surface area (Å²) in [6.07, 6.45) is 0.654. The van der Waals surface area contributed by atoms with Gasteiger partial charge in [-0.15, -0.1) is 0 Å². The Morgan fingerprint density at radius 1 is 1.27 bits per heavy atom. The van der Waals surface area contributed by atoms with E-state index in [0.29, 0.717) is 12.3 Å². The van der Waals surface area contributed by atoms with Crippen LogP contribution in [0.4, 0.5) is 0 Å². The number of benzene rings is 1. The predicted octanol–water partition coefficient (Wildman–Crippen LogP) is 3.65. The molecule has 82 valence electrons. The summed E-state index contributed by atoms with van der Waals surface area (Å²) in [6, 6.07) is 9.53. The Morgan fingerprint density at radius 2 is 1.93 bits per heavy atom. The molecule has 0 aliphatic rings. The van der Waals surface area contributed by atoms with Crippen molar-refractivity contribution in [2.75, 3.05) is 11.5 Å². The van der Waals surface area contributed by atoms with Crippen molar-refractivity contribution in [3.05, 3.63) is 35.9 Å². The van der Waals surface area contributed by atoms with Crippen LogP contribution < -0.4 is 0 Å². The predicted molar refractivity (Wildman–Crippen MR) is 67.6 cm³/mol. The number of ketones is 1. The van der Waals surface area contributed by atoms with Gasteiger partial charge in [-0.05, 0) is 11.7 Å². The highest BCUT2D eigenvalue weighted by Crippen LogP contribution is 2.11. The molecule has 0 saturated carbocycles. The summed E-state index contributed by atoms with van der Waals surface area (Å²) in [6.45, 7) is 4.40. The van der Waals surface area contributed by atoms with Crippen LogP contribution in [-0.4, -0.2) is 17.3 Å². The Bertz CT molecular complexity index is 293. The molecule has 0 spiro atoms. The minimum atomic E-state index is 0.256. The molecule has 0 unspecified atom stereocenters. The van der Waals surface area contributed by atoms with Gasteiger partial charge in [-0.25, -0.2) is 0 Å². The maximum atomic E-state index is 11.7. The molecule has 1 nitrogen and oxygen atoms in total. The Labute approximate surface area is 96.3 Å². The van der Waals surface area contributed by atoms with Crippen molar-refractivity contribution in [3.8, 4) is 0 Å². The van der Waals surface area contributed by atoms with Crippen LogP contribution in [0.2, 0.25) is 0 Å². The van der Waals surface area contributed by atoms with Gasteiger partial charge in [-0.2, -0.15) is 11.8 Å². The number of Topliss-reactive ketones (excluding diaryl/α,β-unsaturated/α-hetero) is 1. The minimum absolute atomic E-state index is 0.256. The van der Waals surface area contributed by atoms with E-state index < -0.39 is 0 Å². The first kappa shape index (κ1) is 12.3. The number of rotatable bonds is 6. The van der Waals surface area contributed by atoms with Gasteiger partial charge in [0.1, 0.15) is 0 Å². The molecule has 1 rings (SSSR count). The summed E-state index contributed by atoms with van der Waals surface area (Å²) < 4.78 is 0. The summed E-state index contributed by atoms with van der Waals surface area (Å²) in [5, 5.41) is 0. The van der Waals surface area contributed by atoms with Crippen LogP contribution in [0.25, 0.3) is 0 Å². The third-order valence-electron chi connectivity index (χ3n) is 2.02. The van der Waals surface area contributed by atoms with E-state index in [0.717, 1.165) is 17.1 Å². The summed E-state index contributed by atoms with van der Waals surface area (Å²) >= 11 is 1.86. The van der Waals surface area contributed by atoms with E-state index >= 15 is 0 Å². The second-order valence-electron chi connectivity index (χ2n) is 4.01. The molecule has 1 aromatic rings. The fourth-order valence-electron chi connectivity index (χ4n) is 1.25. The molecule has 0 heterocycles. The van der Waals surface area contributed by atoms with Crippen molar-refractivity contribution in [1.29, 1.82) is 0 Å². The smallest absolute Gasteiger partial charge is 0.163 e. The van der Waals surface area contributed by atoms with Crippen molar-refractivity contribution in [2.24, 2.45) is 5.92 Å². The first-order valence-electron chi connectivity index (χ1n) is 5.36. The summed E-state index contributed by atoms with van der Waals surface area (Å²) in [5.41, 5.74) is 0.836. The Hall–Kier alpha value is -0.760. The van der Waals surface area contributed by atoms with Crippen molar-refractivity contribution < 1.29 is 4.79 Å². The lowest BCUT2D eigenvalue weighted by atomic mass is 10.1. The molecule has 15 heavy (non-hydrogen) atoms. The lowest BCUT2D eigenvalue weighted by molar-refractivity contribution is 0.0989. The zero-order chi connectivity index (χ0) is 11.1. The van der Waals surface area contributed by atoms with Crippen molar-refractivity contribution in [2.45, 2.75) is 20.3 Å². The number of carbonyl (C=O) groups excluding carboxylic acids is 1. The van der Waals surface area contributed by atoms with Crippen LogP contribution in [0.1, 0.15) is 30.6 Å². The zero-order valence-corrected chi connectivity index (χ0v) is 10.2. The van der Waals surface area contributed by atoms with Crippen LogP contribution in [-0.2, 0) is 0 Å². The molecule has 0 N–H and O–H groups in total. The van der Waals surface area contributed by atoms with E-state index in [9.17, 15) is 4.79 Å². The Morgan fingerprint density at radius 3 is 2.53 bits per heavy atom. The average Bonchev–Trinajstić information content (AvgIpc) is 2.25. The molecule has 1 aromatic carbocycles. The maximum absolute atomic E-state index is 11.7. The monoisotopic (exact) mass is 222 g/mol. The summed E-state index contributed by atoms with van der Waals surface area (Å²) in [7, 11) is 0. The van der Waals surface area contributed by atoms with Crippen molar-refractivity contribution in [1.82, 2.24) is 0 Å². The Balaban J connectivity index is 2.25. The van der Waals surface area contributed by atoms with Gasteiger partial charge in [0.05, 0.1) is 0 Å². The van der Waals surface area contributed by atoms with Crippen molar-refractivity contribution >= 4 is 17.5 Å². The van der Waals surface area contributed by atoms with Crippen molar-refractivity contribution in [3.63, 3.8) is 0 Å². The molecule has 0 amide bonds. The highest BCUT2D eigenvalue weighted by molar-refractivity contribution is 7.99. The molecule has 0 atom stereocenters. The number of hydrogen-bond acceptors (Lipinski definition) is 2. The molecule has 0 fully saturated rings. The van der Waals surface area contributed by atoms with E-state index in [4.69, 9.17) is 0 Å². The van der Waals surface area contributed by atoms with E-state index in [1.807, 2.05) is 42.1 Å². The highest BCUT2D eigenvalue weighted by Gasteiger charge is 2.04. The van der Waals surface area contributed by atoms with Crippen LogP contribution in [0, 0.1) is 5.92 Å².